The second kappa shape index (κ2) is 7.18. The van der Waals surface area contributed by atoms with E-state index in [4.69, 9.17) is 4.74 Å². The van der Waals surface area contributed by atoms with E-state index in [1.807, 2.05) is 0 Å². The zero-order valence-electron chi connectivity index (χ0n) is 16.7. The van der Waals surface area contributed by atoms with Gasteiger partial charge in [-0.05, 0) is 37.5 Å². The average Bonchev–Trinajstić information content (AvgIpc) is 3.31. The Bertz CT molecular complexity index is 901. The predicted molar refractivity (Wildman–Crippen MR) is 101 cm³/mol. The first-order chi connectivity index (χ1) is 14.2. The topological polar surface area (TPSA) is 76.5 Å². The zero-order valence-corrected chi connectivity index (χ0v) is 17.5. The Labute approximate surface area is 173 Å². The average molecular weight is 449 g/mol. The molecule has 30 heavy (non-hydrogen) atoms. The number of hydrogen-bond acceptors (Lipinski definition) is 6. The number of likely N-dealkylation sites (tertiary alicyclic amines) is 1. The maximum atomic E-state index is 13.4. The number of rotatable bonds is 6. The van der Waals surface area contributed by atoms with Crippen LogP contribution in [-0.4, -0.2) is 67.9 Å². The van der Waals surface area contributed by atoms with Crippen molar-refractivity contribution in [3.05, 3.63) is 11.8 Å². The first-order valence-corrected chi connectivity index (χ1v) is 12.1. The van der Waals surface area contributed by atoms with Gasteiger partial charge in [-0.25, -0.2) is 8.42 Å². The van der Waals surface area contributed by atoms with Gasteiger partial charge in [-0.3, -0.25) is 10.00 Å². The lowest BCUT2D eigenvalue weighted by atomic mass is 9.73. The number of ether oxygens (including phenoxy) is 1. The summed E-state index contributed by atoms with van der Waals surface area (Å²) in [5.74, 6) is 0.774. The molecule has 1 atom stereocenters. The number of alkyl halides is 3. The summed E-state index contributed by atoms with van der Waals surface area (Å²) in [5, 5.41) is 5.44. The normalized spacial score (nSPS) is 27.8. The first kappa shape index (κ1) is 20.7. The van der Waals surface area contributed by atoms with E-state index in [2.05, 4.69) is 15.3 Å². The molecule has 1 aliphatic carbocycles. The van der Waals surface area contributed by atoms with E-state index < -0.39 is 32.5 Å². The van der Waals surface area contributed by atoms with E-state index in [1.54, 1.807) is 0 Å². The van der Waals surface area contributed by atoms with Crippen molar-refractivity contribution in [2.75, 3.05) is 39.4 Å². The molecule has 5 rings (SSSR count). The van der Waals surface area contributed by atoms with Gasteiger partial charge in [0.05, 0.1) is 0 Å². The van der Waals surface area contributed by atoms with Gasteiger partial charge < -0.3 is 9.64 Å². The van der Waals surface area contributed by atoms with Crippen LogP contribution in [0.25, 0.3) is 0 Å². The van der Waals surface area contributed by atoms with E-state index in [-0.39, 0.29) is 17.5 Å². The third-order valence-electron chi connectivity index (χ3n) is 6.89. The van der Waals surface area contributed by atoms with Crippen molar-refractivity contribution in [3.8, 4) is 0 Å². The smallest absolute Gasteiger partial charge is 0.381 e. The standard InChI is InChI=1S/C19H27F3N4O3S/c20-19(21,22)15-7-16(26(24-15)9-13-1-2-13)30(27,28)17-18(10-23-17)11-25(12-18)8-14-3-5-29-6-4-14/h7,13-14,17,23H,1-6,8-12H2. The maximum Gasteiger partial charge on any atom is 0.435 e. The van der Waals surface area contributed by atoms with Gasteiger partial charge in [-0.15, -0.1) is 0 Å². The highest BCUT2D eigenvalue weighted by atomic mass is 32.2. The molecule has 168 valence electrons. The zero-order chi connectivity index (χ0) is 21.1. The Kier molecular flexibility index (Phi) is 4.96. The summed E-state index contributed by atoms with van der Waals surface area (Å²) < 4.78 is 72.8. The monoisotopic (exact) mass is 448 g/mol. The molecular formula is C19H27F3N4O3S. The molecule has 7 nitrogen and oxygen atoms in total. The first-order valence-electron chi connectivity index (χ1n) is 10.6. The van der Waals surface area contributed by atoms with Crippen molar-refractivity contribution in [1.82, 2.24) is 20.0 Å². The Morgan fingerprint density at radius 2 is 1.80 bits per heavy atom. The second-order valence-corrected chi connectivity index (χ2v) is 11.4. The van der Waals surface area contributed by atoms with E-state index >= 15 is 0 Å². The molecule has 3 aliphatic heterocycles. The van der Waals surface area contributed by atoms with Gasteiger partial charge in [0, 0.05) is 57.4 Å². The van der Waals surface area contributed by atoms with Crippen molar-refractivity contribution >= 4 is 9.84 Å². The van der Waals surface area contributed by atoms with Gasteiger partial charge >= 0.3 is 6.18 Å². The van der Waals surface area contributed by atoms with Gasteiger partial charge in [0.2, 0.25) is 9.84 Å². The molecule has 0 aromatic carbocycles. The van der Waals surface area contributed by atoms with Crippen LogP contribution in [0.3, 0.4) is 0 Å². The fourth-order valence-electron chi connectivity index (χ4n) is 5.02. The molecule has 1 unspecified atom stereocenters. The minimum Gasteiger partial charge on any atom is -0.381 e. The molecule has 4 fully saturated rings. The Morgan fingerprint density at radius 3 is 2.37 bits per heavy atom. The predicted octanol–water partition coefficient (Wildman–Crippen LogP) is 1.74. The fourth-order valence-corrected chi connectivity index (χ4v) is 7.14. The summed E-state index contributed by atoms with van der Waals surface area (Å²) >= 11 is 0. The molecule has 0 radical (unpaired) electrons. The van der Waals surface area contributed by atoms with Crippen molar-refractivity contribution in [2.45, 2.75) is 48.8 Å². The molecule has 1 aromatic heterocycles. The molecule has 0 bridgehead atoms. The van der Waals surface area contributed by atoms with Crippen LogP contribution in [0.4, 0.5) is 13.2 Å². The van der Waals surface area contributed by atoms with Gasteiger partial charge in [0.25, 0.3) is 0 Å². The SMILES string of the molecule is O=S(=O)(c1cc(C(F)(F)F)nn1CC1CC1)C1NCC12CN(CC1CCOCC1)C2. The minimum atomic E-state index is -4.67. The van der Waals surface area contributed by atoms with E-state index in [1.165, 1.54) is 0 Å². The van der Waals surface area contributed by atoms with E-state index in [0.717, 1.165) is 50.1 Å². The Hall–Kier alpha value is -1.17. The molecular weight excluding hydrogens is 421 g/mol. The van der Waals surface area contributed by atoms with Crippen molar-refractivity contribution in [3.63, 3.8) is 0 Å². The van der Waals surface area contributed by atoms with Crippen LogP contribution < -0.4 is 5.32 Å². The molecule has 1 spiro atoms. The number of nitrogens with zero attached hydrogens (tertiary/aromatic N) is 3. The summed E-state index contributed by atoms with van der Waals surface area (Å²) in [4.78, 5) is 2.27. The lowest BCUT2D eigenvalue weighted by Crippen LogP contribution is -2.78. The highest BCUT2D eigenvalue weighted by Crippen LogP contribution is 2.45. The molecule has 3 saturated heterocycles. The van der Waals surface area contributed by atoms with Crippen LogP contribution in [0.1, 0.15) is 31.4 Å². The summed E-state index contributed by atoms with van der Waals surface area (Å²) in [5.41, 5.74) is -1.55. The van der Waals surface area contributed by atoms with Crippen LogP contribution in [0.15, 0.2) is 11.1 Å². The third-order valence-corrected chi connectivity index (χ3v) is 9.09. The highest BCUT2D eigenvalue weighted by molar-refractivity contribution is 7.92. The lowest BCUT2D eigenvalue weighted by molar-refractivity contribution is -0.141. The van der Waals surface area contributed by atoms with Crippen LogP contribution in [0.2, 0.25) is 0 Å². The summed E-state index contributed by atoms with van der Waals surface area (Å²) in [6.45, 7) is 4.58. The van der Waals surface area contributed by atoms with Crippen molar-refractivity contribution < 1.29 is 26.3 Å². The summed E-state index contributed by atoms with van der Waals surface area (Å²) in [6.07, 6.45) is -0.837. The molecule has 1 aromatic rings. The van der Waals surface area contributed by atoms with E-state index in [0.29, 0.717) is 31.6 Å². The molecule has 1 N–H and O–H groups in total. The third kappa shape index (κ3) is 3.67. The molecule has 4 aliphatic rings. The Balaban J connectivity index is 1.32. The summed E-state index contributed by atoms with van der Waals surface area (Å²) in [6, 6.07) is 0.712. The second-order valence-electron chi connectivity index (χ2n) is 9.38. The van der Waals surface area contributed by atoms with Gasteiger partial charge in [-0.1, -0.05) is 0 Å². The number of sulfone groups is 1. The van der Waals surface area contributed by atoms with Gasteiger partial charge in [0.15, 0.2) is 10.7 Å². The van der Waals surface area contributed by atoms with Crippen LogP contribution >= 0.6 is 0 Å². The summed E-state index contributed by atoms with van der Waals surface area (Å²) in [7, 11) is -3.97. The Morgan fingerprint density at radius 1 is 1.13 bits per heavy atom. The number of aromatic nitrogens is 2. The number of halogens is 3. The van der Waals surface area contributed by atoms with E-state index in [9.17, 15) is 21.6 Å². The van der Waals surface area contributed by atoms with Gasteiger partial charge in [0.1, 0.15) is 5.37 Å². The van der Waals surface area contributed by atoms with Gasteiger partial charge in [-0.2, -0.15) is 18.3 Å². The fraction of sp³-hybridized carbons (Fsp3) is 0.842. The molecule has 1 saturated carbocycles. The molecule has 11 heteroatoms. The van der Waals surface area contributed by atoms with Crippen LogP contribution in [0.5, 0.6) is 0 Å². The quantitative estimate of drug-likeness (QED) is 0.715. The van der Waals surface area contributed by atoms with Crippen LogP contribution in [0, 0.1) is 17.3 Å². The van der Waals surface area contributed by atoms with Crippen molar-refractivity contribution in [2.24, 2.45) is 17.3 Å². The number of nitrogens with one attached hydrogen (secondary N) is 1. The van der Waals surface area contributed by atoms with Crippen LogP contribution in [-0.2, 0) is 27.3 Å². The lowest BCUT2D eigenvalue weighted by Gasteiger charge is -2.60. The van der Waals surface area contributed by atoms with Crippen molar-refractivity contribution in [1.29, 1.82) is 0 Å². The maximum absolute atomic E-state index is 13.4. The largest absolute Gasteiger partial charge is 0.435 e. The number of hydrogen-bond donors (Lipinski definition) is 1. The highest BCUT2D eigenvalue weighted by Gasteiger charge is 2.60. The molecule has 4 heterocycles. The minimum absolute atomic E-state index is 0.210. The molecule has 0 amide bonds.